The van der Waals surface area contributed by atoms with E-state index in [0.717, 1.165) is 18.4 Å². The third-order valence-electron chi connectivity index (χ3n) is 3.53. The van der Waals surface area contributed by atoms with Crippen molar-refractivity contribution in [2.75, 3.05) is 5.73 Å². The molecular formula is C15H18N2O3S. The van der Waals surface area contributed by atoms with Crippen LogP contribution in [-0.2, 0) is 16.6 Å². The molecule has 1 saturated carbocycles. The monoisotopic (exact) mass is 306 g/mol. The Labute approximate surface area is 124 Å². The first-order valence-electron chi connectivity index (χ1n) is 6.88. The van der Waals surface area contributed by atoms with Gasteiger partial charge in [0.1, 0.15) is 5.76 Å². The van der Waals surface area contributed by atoms with E-state index in [9.17, 15) is 8.42 Å². The minimum atomic E-state index is -3.57. The minimum Gasteiger partial charge on any atom is -0.468 e. The molecule has 0 aliphatic heterocycles. The van der Waals surface area contributed by atoms with E-state index in [1.54, 1.807) is 30.5 Å². The van der Waals surface area contributed by atoms with Crippen molar-refractivity contribution in [1.82, 2.24) is 4.31 Å². The van der Waals surface area contributed by atoms with Gasteiger partial charge in [-0.15, -0.1) is 0 Å². The van der Waals surface area contributed by atoms with Gasteiger partial charge in [-0.3, -0.25) is 0 Å². The zero-order valence-corrected chi connectivity index (χ0v) is 12.6. The third-order valence-corrected chi connectivity index (χ3v) is 5.40. The van der Waals surface area contributed by atoms with E-state index in [-0.39, 0.29) is 17.5 Å². The first kappa shape index (κ1) is 14.2. The van der Waals surface area contributed by atoms with Crippen LogP contribution in [-0.4, -0.2) is 18.8 Å². The maximum absolute atomic E-state index is 12.9. The highest BCUT2D eigenvalue weighted by atomic mass is 32.2. The molecule has 0 unspecified atom stereocenters. The number of hydrogen-bond acceptors (Lipinski definition) is 4. The molecule has 1 aliphatic carbocycles. The Morgan fingerprint density at radius 2 is 2.10 bits per heavy atom. The minimum absolute atomic E-state index is 0.0573. The predicted molar refractivity (Wildman–Crippen MR) is 80.1 cm³/mol. The van der Waals surface area contributed by atoms with Gasteiger partial charge in [0.2, 0.25) is 10.0 Å². The zero-order chi connectivity index (χ0) is 15.0. The van der Waals surface area contributed by atoms with Gasteiger partial charge in [0.25, 0.3) is 0 Å². The largest absolute Gasteiger partial charge is 0.468 e. The number of hydrogen-bond donors (Lipinski definition) is 1. The fourth-order valence-corrected chi connectivity index (χ4v) is 4.18. The number of furan rings is 1. The highest BCUT2D eigenvalue weighted by molar-refractivity contribution is 7.89. The summed E-state index contributed by atoms with van der Waals surface area (Å²) in [4.78, 5) is 0.249. The van der Waals surface area contributed by atoms with Gasteiger partial charge in [-0.25, -0.2) is 8.42 Å². The fraction of sp³-hybridized carbons (Fsp3) is 0.333. The van der Waals surface area contributed by atoms with Crippen LogP contribution in [0, 0.1) is 6.92 Å². The number of benzene rings is 1. The Morgan fingerprint density at radius 1 is 1.33 bits per heavy atom. The van der Waals surface area contributed by atoms with Crippen molar-refractivity contribution in [3.05, 3.63) is 47.9 Å². The molecule has 6 heteroatoms. The smallest absolute Gasteiger partial charge is 0.243 e. The van der Waals surface area contributed by atoms with Crippen LogP contribution in [0.3, 0.4) is 0 Å². The number of aryl methyl sites for hydroxylation is 1. The number of rotatable bonds is 5. The number of nitrogens with two attached hydrogens (primary N) is 1. The van der Waals surface area contributed by atoms with Gasteiger partial charge in [0, 0.05) is 11.7 Å². The van der Waals surface area contributed by atoms with Crippen molar-refractivity contribution in [2.24, 2.45) is 0 Å². The van der Waals surface area contributed by atoms with E-state index < -0.39 is 10.0 Å². The average Bonchev–Trinajstić information content (AvgIpc) is 3.11. The van der Waals surface area contributed by atoms with Crippen molar-refractivity contribution in [1.29, 1.82) is 0 Å². The molecule has 0 radical (unpaired) electrons. The molecule has 1 aliphatic rings. The van der Waals surface area contributed by atoms with E-state index in [1.807, 2.05) is 6.92 Å². The SMILES string of the molecule is Cc1cc(N)cc(S(=O)(=O)N(Cc2ccco2)C2CC2)c1. The summed E-state index contributed by atoms with van der Waals surface area (Å²) in [6, 6.07) is 8.53. The van der Waals surface area contributed by atoms with E-state index in [2.05, 4.69) is 0 Å². The Kier molecular flexibility index (Phi) is 3.51. The Bertz CT molecular complexity index is 714. The average molecular weight is 306 g/mol. The first-order chi connectivity index (χ1) is 9.96. The summed E-state index contributed by atoms with van der Waals surface area (Å²) in [5, 5.41) is 0. The van der Waals surface area contributed by atoms with Crippen molar-refractivity contribution < 1.29 is 12.8 Å². The number of nitrogens with zero attached hydrogens (tertiary/aromatic N) is 1. The normalized spacial score (nSPS) is 15.5. The second-order valence-electron chi connectivity index (χ2n) is 5.44. The summed E-state index contributed by atoms with van der Waals surface area (Å²) in [5.74, 6) is 0.645. The zero-order valence-electron chi connectivity index (χ0n) is 11.8. The van der Waals surface area contributed by atoms with Gasteiger partial charge in [0.05, 0.1) is 17.7 Å². The number of nitrogen functional groups attached to an aromatic ring is 1. The lowest BCUT2D eigenvalue weighted by molar-refractivity contribution is 0.356. The molecule has 3 rings (SSSR count). The number of sulfonamides is 1. The summed E-state index contributed by atoms with van der Waals surface area (Å²) < 4.78 is 32.5. The molecule has 0 atom stereocenters. The lowest BCUT2D eigenvalue weighted by atomic mass is 10.2. The molecule has 5 nitrogen and oxygen atoms in total. The predicted octanol–water partition coefficient (Wildman–Crippen LogP) is 2.52. The molecule has 2 N–H and O–H groups in total. The molecule has 1 heterocycles. The topological polar surface area (TPSA) is 76.5 Å². The molecule has 21 heavy (non-hydrogen) atoms. The van der Waals surface area contributed by atoms with Gasteiger partial charge < -0.3 is 10.2 Å². The molecule has 1 aromatic carbocycles. The van der Waals surface area contributed by atoms with E-state index in [0.29, 0.717) is 11.4 Å². The van der Waals surface area contributed by atoms with Crippen LogP contribution in [0.1, 0.15) is 24.2 Å². The molecular weight excluding hydrogens is 288 g/mol. The summed E-state index contributed by atoms with van der Waals surface area (Å²) >= 11 is 0. The lowest BCUT2D eigenvalue weighted by Crippen LogP contribution is -2.32. The van der Waals surface area contributed by atoms with Gasteiger partial charge in [-0.05, 0) is 55.7 Å². The van der Waals surface area contributed by atoms with Crippen LogP contribution in [0.15, 0.2) is 45.9 Å². The van der Waals surface area contributed by atoms with E-state index >= 15 is 0 Å². The van der Waals surface area contributed by atoms with Crippen LogP contribution >= 0.6 is 0 Å². The van der Waals surface area contributed by atoms with Crippen LogP contribution in [0.25, 0.3) is 0 Å². The van der Waals surface area contributed by atoms with Crippen molar-refractivity contribution >= 4 is 15.7 Å². The van der Waals surface area contributed by atoms with Gasteiger partial charge in [0.15, 0.2) is 0 Å². The molecule has 0 saturated heterocycles. The quantitative estimate of drug-likeness (QED) is 0.861. The Morgan fingerprint density at radius 3 is 2.67 bits per heavy atom. The molecule has 112 valence electrons. The third kappa shape index (κ3) is 2.96. The first-order valence-corrected chi connectivity index (χ1v) is 8.32. The molecule has 0 spiro atoms. The van der Waals surface area contributed by atoms with Crippen molar-refractivity contribution in [2.45, 2.75) is 37.2 Å². The van der Waals surface area contributed by atoms with Gasteiger partial charge in [-0.1, -0.05) is 0 Å². The number of anilines is 1. The summed E-state index contributed by atoms with van der Waals surface area (Å²) in [6.45, 7) is 2.09. The summed E-state index contributed by atoms with van der Waals surface area (Å²) in [6.07, 6.45) is 3.33. The molecule has 2 aromatic rings. The molecule has 0 amide bonds. The van der Waals surface area contributed by atoms with Crippen LogP contribution < -0.4 is 5.73 Å². The van der Waals surface area contributed by atoms with E-state index in [1.165, 1.54) is 10.4 Å². The summed E-state index contributed by atoms with van der Waals surface area (Å²) in [5.41, 5.74) is 7.08. The maximum Gasteiger partial charge on any atom is 0.243 e. The standard InChI is InChI=1S/C15H18N2O3S/c1-11-7-12(16)9-15(8-11)21(18,19)17(13-4-5-13)10-14-3-2-6-20-14/h2-3,6-9,13H,4-5,10,16H2,1H3. The van der Waals surface area contributed by atoms with Gasteiger partial charge in [-0.2, -0.15) is 4.31 Å². The second-order valence-corrected chi connectivity index (χ2v) is 7.33. The lowest BCUT2D eigenvalue weighted by Gasteiger charge is -2.21. The van der Waals surface area contributed by atoms with Gasteiger partial charge >= 0.3 is 0 Å². The van der Waals surface area contributed by atoms with Crippen LogP contribution in [0.2, 0.25) is 0 Å². The van der Waals surface area contributed by atoms with Crippen LogP contribution in [0.5, 0.6) is 0 Å². The van der Waals surface area contributed by atoms with E-state index in [4.69, 9.17) is 10.2 Å². The Balaban J connectivity index is 1.97. The second kappa shape index (κ2) is 5.20. The molecule has 1 aromatic heterocycles. The highest BCUT2D eigenvalue weighted by Gasteiger charge is 2.38. The van der Waals surface area contributed by atoms with Crippen molar-refractivity contribution in [3.8, 4) is 0 Å². The van der Waals surface area contributed by atoms with Crippen LogP contribution in [0.4, 0.5) is 5.69 Å². The maximum atomic E-state index is 12.9. The molecule has 1 fully saturated rings. The highest BCUT2D eigenvalue weighted by Crippen LogP contribution is 2.34. The Hall–Kier alpha value is -1.79. The van der Waals surface area contributed by atoms with Crippen molar-refractivity contribution in [3.63, 3.8) is 0 Å². The summed E-state index contributed by atoms with van der Waals surface area (Å²) in [7, 11) is -3.57. The molecule has 0 bridgehead atoms. The fourth-order valence-electron chi connectivity index (χ4n) is 2.39.